The van der Waals surface area contributed by atoms with E-state index in [0.717, 1.165) is 18.4 Å². The summed E-state index contributed by atoms with van der Waals surface area (Å²) in [6.45, 7) is 0.583. The Morgan fingerprint density at radius 3 is 2.76 bits per heavy atom. The monoisotopic (exact) mass is 290 g/mol. The van der Waals surface area contributed by atoms with E-state index in [4.69, 9.17) is 0 Å². The summed E-state index contributed by atoms with van der Waals surface area (Å²) < 4.78 is 13.0. The number of amides is 1. The average Bonchev–Trinajstić information content (AvgIpc) is 2.78. The molecule has 2 saturated heterocycles. The third-order valence-corrected chi connectivity index (χ3v) is 4.67. The second-order valence-electron chi connectivity index (χ2n) is 6.41. The summed E-state index contributed by atoms with van der Waals surface area (Å²) >= 11 is 0. The van der Waals surface area contributed by atoms with Gasteiger partial charge in [-0.05, 0) is 55.7 Å². The first-order valence-electron chi connectivity index (χ1n) is 7.96. The van der Waals surface area contributed by atoms with Gasteiger partial charge in [0.2, 0.25) is 5.91 Å². The van der Waals surface area contributed by atoms with Gasteiger partial charge in [-0.15, -0.1) is 0 Å². The van der Waals surface area contributed by atoms with Crippen molar-refractivity contribution in [2.45, 2.75) is 50.6 Å². The minimum atomic E-state index is -0.219. The largest absolute Gasteiger partial charge is 0.356 e. The van der Waals surface area contributed by atoms with Gasteiger partial charge in [0.1, 0.15) is 5.82 Å². The van der Waals surface area contributed by atoms with Gasteiger partial charge >= 0.3 is 0 Å². The second kappa shape index (κ2) is 6.56. The molecular formula is C17H23FN2O. The van der Waals surface area contributed by atoms with Gasteiger partial charge in [0.05, 0.1) is 0 Å². The fourth-order valence-electron chi connectivity index (χ4n) is 3.71. The number of carbonyl (C=O) groups excluding carboxylic acids is 1. The summed E-state index contributed by atoms with van der Waals surface area (Å²) in [7, 11) is 0. The van der Waals surface area contributed by atoms with Crippen LogP contribution in [0.5, 0.6) is 0 Å². The Hall–Kier alpha value is -1.42. The maximum Gasteiger partial charge on any atom is 0.220 e. The molecule has 21 heavy (non-hydrogen) atoms. The Bertz CT molecular complexity index is 493. The highest BCUT2D eigenvalue weighted by molar-refractivity contribution is 5.76. The smallest absolute Gasteiger partial charge is 0.220 e. The van der Waals surface area contributed by atoms with Gasteiger partial charge in [0.15, 0.2) is 0 Å². The molecule has 2 atom stereocenters. The van der Waals surface area contributed by atoms with Gasteiger partial charge in [-0.25, -0.2) is 4.39 Å². The van der Waals surface area contributed by atoms with Gasteiger partial charge in [-0.1, -0.05) is 12.1 Å². The lowest BCUT2D eigenvalue weighted by Crippen LogP contribution is -2.39. The number of nitrogens with one attached hydrogen (secondary N) is 2. The molecule has 114 valence electrons. The minimum Gasteiger partial charge on any atom is -0.356 e. The topological polar surface area (TPSA) is 41.1 Å². The Morgan fingerprint density at radius 2 is 2.05 bits per heavy atom. The number of piperidine rings is 1. The zero-order valence-corrected chi connectivity index (χ0v) is 12.3. The molecule has 0 radical (unpaired) electrons. The Kier molecular flexibility index (Phi) is 4.54. The van der Waals surface area contributed by atoms with Crippen molar-refractivity contribution in [1.82, 2.24) is 10.6 Å². The lowest BCUT2D eigenvalue weighted by molar-refractivity contribution is -0.122. The van der Waals surface area contributed by atoms with E-state index in [0.29, 0.717) is 37.4 Å². The third-order valence-electron chi connectivity index (χ3n) is 4.67. The van der Waals surface area contributed by atoms with Crippen LogP contribution in [0.2, 0.25) is 0 Å². The number of halogens is 1. The van der Waals surface area contributed by atoms with Crippen LogP contribution in [0.4, 0.5) is 4.39 Å². The molecule has 0 aromatic heterocycles. The summed E-state index contributed by atoms with van der Waals surface area (Å²) in [5.74, 6) is 0.444. The summed E-state index contributed by atoms with van der Waals surface area (Å²) in [5.41, 5.74) is 0.926. The van der Waals surface area contributed by atoms with E-state index >= 15 is 0 Å². The first-order valence-corrected chi connectivity index (χ1v) is 7.96. The van der Waals surface area contributed by atoms with Crippen LogP contribution in [0.3, 0.4) is 0 Å². The zero-order valence-electron chi connectivity index (χ0n) is 12.3. The molecule has 2 heterocycles. The molecule has 3 rings (SSSR count). The summed E-state index contributed by atoms with van der Waals surface area (Å²) in [5, 5.41) is 6.56. The van der Waals surface area contributed by atoms with Crippen molar-refractivity contribution in [3.05, 3.63) is 35.6 Å². The maximum atomic E-state index is 13.0. The molecule has 0 aliphatic carbocycles. The standard InChI is InChI=1S/C17H23FN2O/c18-14-3-1-2-12(8-14)6-7-19-17(21)11-13-9-15-4-5-16(10-13)20-15/h1-3,8,13,15-16,20H,4-7,9-11H2,(H,19,21). The molecule has 4 heteroatoms. The van der Waals surface area contributed by atoms with E-state index in [1.165, 1.54) is 25.0 Å². The number of hydrogen-bond acceptors (Lipinski definition) is 2. The van der Waals surface area contributed by atoms with E-state index in [1.54, 1.807) is 6.07 Å². The van der Waals surface area contributed by atoms with Gasteiger partial charge < -0.3 is 10.6 Å². The normalized spacial score (nSPS) is 27.6. The van der Waals surface area contributed by atoms with E-state index in [9.17, 15) is 9.18 Å². The number of fused-ring (bicyclic) bond motifs is 2. The van der Waals surface area contributed by atoms with Crippen molar-refractivity contribution < 1.29 is 9.18 Å². The Labute approximate surface area is 125 Å². The highest BCUT2D eigenvalue weighted by Crippen LogP contribution is 2.32. The third kappa shape index (κ3) is 4.03. The first kappa shape index (κ1) is 14.5. The summed E-state index contributed by atoms with van der Waals surface area (Å²) in [6.07, 6.45) is 6.12. The van der Waals surface area contributed by atoms with E-state index in [1.807, 2.05) is 6.07 Å². The number of benzene rings is 1. The predicted octanol–water partition coefficient (Wildman–Crippen LogP) is 2.41. The molecule has 2 bridgehead atoms. The van der Waals surface area contributed by atoms with Gasteiger partial charge in [-0.3, -0.25) is 4.79 Å². The van der Waals surface area contributed by atoms with Crippen LogP contribution < -0.4 is 10.6 Å². The molecule has 2 unspecified atom stereocenters. The van der Waals surface area contributed by atoms with E-state index < -0.39 is 0 Å². The molecule has 3 nitrogen and oxygen atoms in total. The van der Waals surface area contributed by atoms with Crippen LogP contribution in [0.25, 0.3) is 0 Å². The fraction of sp³-hybridized carbons (Fsp3) is 0.588. The average molecular weight is 290 g/mol. The van der Waals surface area contributed by atoms with E-state index in [-0.39, 0.29) is 11.7 Å². The van der Waals surface area contributed by atoms with Gasteiger partial charge in [-0.2, -0.15) is 0 Å². The van der Waals surface area contributed by atoms with Crippen LogP contribution in [-0.4, -0.2) is 24.5 Å². The Morgan fingerprint density at radius 1 is 1.29 bits per heavy atom. The molecule has 2 aliphatic heterocycles. The van der Waals surface area contributed by atoms with Crippen LogP contribution in [0.1, 0.15) is 37.7 Å². The molecule has 2 aliphatic rings. The van der Waals surface area contributed by atoms with Crippen LogP contribution in [-0.2, 0) is 11.2 Å². The molecule has 2 fully saturated rings. The molecule has 0 spiro atoms. The van der Waals surface area contributed by atoms with Crippen molar-refractivity contribution in [3.8, 4) is 0 Å². The number of rotatable bonds is 5. The first-order chi connectivity index (χ1) is 10.2. The molecule has 1 amide bonds. The van der Waals surface area contributed by atoms with Crippen molar-refractivity contribution in [1.29, 1.82) is 0 Å². The van der Waals surface area contributed by atoms with Crippen molar-refractivity contribution >= 4 is 5.91 Å². The summed E-state index contributed by atoms with van der Waals surface area (Å²) in [6, 6.07) is 7.82. The highest BCUT2D eigenvalue weighted by Gasteiger charge is 2.33. The zero-order chi connectivity index (χ0) is 14.7. The van der Waals surface area contributed by atoms with E-state index in [2.05, 4.69) is 10.6 Å². The lowest BCUT2D eigenvalue weighted by Gasteiger charge is -2.28. The van der Waals surface area contributed by atoms with Crippen LogP contribution >= 0.6 is 0 Å². The van der Waals surface area contributed by atoms with Crippen LogP contribution in [0.15, 0.2) is 24.3 Å². The van der Waals surface area contributed by atoms with Crippen molar-refractivity contribution in [2.24, 2.45) is 5.92 Å². The SMILES string of the molecule is O=C(CC1CC2CCC(C1)N2)NCCc1cccc(F)c1. The minimum absolute atomic E-state index is 0.137. The van der Waals surface area contributed by atoms with Gasteiger partial charge in [0, 0.05) is 25.0 Å². The molecule has 2 N–H and O–H groups in total. The van der Waals surface area contributed by atoms with Crippen molar-refractivity contribution in [2.75, 3.05) is 6.54 Å². The molecule has 1 aromatic carbocycles. The summed E-state index contributed by atoms with van der Waals surface area (Å²) in [4.78, 5) is 12.0. The Balaban J connectivity index is 1.38. The second-order valence-corrected chi connectivity index (χ2v) is 6.41. The van der Waals surface area contributed by atoms with Gasteiger partial charge in [0.25, 0.3) is 0 Å². The molecule has 0 saturated carbocycles. The van der Waals surface area contributed by atoms with Crippen LogP contribution in [0, 0.1) is 11.7 Å². The number of carbonyl (C=O) groups is 1. The van der Waals surface area contributed by atoms with Crippen molar-refractivity contribution in [3.63, 3.8) is 0 Å². The maximum absolute atomic E-state index is 13.0. The fourth-order valence-corrected chi connectivity index (χ4v) is 3.71. The quantitative estimate of drug-likeness (QED) is 0.874. The lowest BCUT2D eigenvalue weighted by atomic mass is 9.89. The molecular weight excluding hydrogens is 267 g/mol. The highest BCUT2D eigenvalue weighted by atomic mass is 19.1. The predicted molar refractivity (Wildman–Crippen MR) is 80.4 cm³/mol. The number of hydrogen-bond donors (Lipinski definition) is 2. The molecule has 1 aromatic rings.